The molecule has 0 saturated carbocycles. The molecule has 0 bridgehead atoms. The lowest BCUT2D eigenvalue weighted by Crippen LogP contribution is -2.46. The molecule has 0 radical (unpaired) electrons. The number of nitrogens with zero attached hydrogens (tertiary/aromatic N) is 2. The van der Waals surface area contributed by atoms with Crippen LogP contribution in [0.4, 0.5) is 0 Å². The molecule has 0 aliphatic carbocycles. The van der Waals surface area contributed by atoms with E-state index >= 15 is 0 Å². The predicted octanol–water partition coefficient (Wildman–Crippen LogP) is 2.86. The standard InChI is InChI=1S/C12H19N3S2/c1-9-8-17-10(14-9)4-6-13-11-15-12(2,3)5-7-16-11/h8H,4-7H2,1-3H3,(H,13,15). The molecule has 1 aliphatic heterocycles. The lowest BCUT2D eigenvalue weighted by molar-refractivity contribution is 0.446. The maximum absolute atomic E-state index is 4.62. The molecule has 0 amide bonds. The van der Waals surface area contributed by atoms with E-state index in [1.807, 2.05) is 18.7 Å². The molecular weight excluding hydrogens is 250 g/mol. The molecule has 5 heteroatoms. The topological polar surface area (TPSA) is 37.3 Å². The molecule has 1 aliphatic rings. The number of rotatable bonds is 3. The Hall–Kier alpha value is -0.550. The normalized spacial score (nSPS) is 21.5. The van der Waals surface area contributed by atoms with Crippen molar-refractivity contribution in [3.63, 3.8) is 0 Å². The minimum absolute atomic E-state index is 0.196. The molecule has 0 aromatic carbocycles. The first-order chi connectivity index (χ1) is 8.05. The van der Waals surface area contributed by atoms with E-state index < -0.39 is 0 Å². The second-order valence-corrected chi connectivity index (χ2v) is 6.95. The van der Waals surface area contributed by atoms with Crippen LogP contribution in [0, 0.1) is 6.92 Å². The first kappa shape index (κ1) is 12.9. The Balaban J connectivity index is 1.84. The molecule has 17 heavy (non-hydrogen) atoms. The Morgan fingerprint density at radius 3 is 3.00 bits per heavy atom. The Kier molecular flexibility index (Phi) is 4.09. The molecule has 0 atom stereocenters. The summed E-state index contributed by atoms with van der Waals surface area (Å²) in [5.41, 5.74) is 1.31. The Labute approximate surface area is 111 Å². The van der Waals surface area contributed by atoms with Crippen molar-refractivity contribution in [1.82, 2.24) is 10.3 Å². The molecule has 1 N–H and O–H groups in total. The van der Waals surface area contributed by atoms with Crippen molar-refractivity contribution in [3.05, 3.63) is 16.1 Å². The number of aliphatic imine (C=N–C) groups is 1. The number of aryl methyl sites for hydroxylation is 1. The number of thiazole rings is 1. The maximum atomic E-state index is 4.62. The lowest BCUT2D eigenvalue weighted by atomic mass is 10.0. The van der Waals surface area contributed by atoms with Gasteiger partial charge in [-0.1, -0.05) is 11.8 Å². The predicted molar refractivity (Wildman–Crippen MR) is 77.1 cm³/mol. The van der Waals surface area contributed by atoms with Crippen LogP contribution in [-0.2, 0) is 6.42 Å². The summed E-state index contributed by atoms with van der Waals surface area (Å²) in [6, 6.07) is 0. The van der Waals surface area contributed by atoms with Gasteiger partial charge in [0.05, 0.1) is 5.01 Å². The van der Waals surface area contributed by atoms with Gasteiger partial charge in [0.15, 0.2) is 5.17 Å². The van der Waals surface area contributed by atoms with Gasteiger partial charge in [0.2, 0.25) is 0 Å². The summed E-state index contributed by atoms with van der Waals surface area (Å²) >= 11 is 3.56. The summed E-state index contributed by atoms with van der Waals surface area (Å²) in [5, 5.41) is 7.86. The van der Waals surface area contributed by atoms with E-state index in [-0.39, 0.29) is 5.54 Å². The number of hydrogen-bond donors (Lipinski definition) is 1. The molecule has 1 saturated heterocycles. The minimum Gasteiger partial charge on any atom is -0.360 e. The van der Waals surface area contributed by atoms with Crippen LogP contribution in [0.3, 0.4) is 0 Å². The van der Waals surface area contributed by atoms with Gasteiger partial charge < -0.3 is 5.32 Å². The maximum Gasteiger partial charge on any atom is 0.156 e. The van der Waals surface area contributed by atoms with Gasteiger partial charge >= 0.3 is 0 Å². The smallest absolute Gasteiger partial charge is 0.156 e. The molecule has 1 fully saturated rings. The third-order valence-corrected chi connectivity index (χ3v) is 4.60. The largest absolute Gasteiger partial charge is 0.360 e. The second-order valence-electron chi connectivity index (χ2n) is 4.93. The summed E-state index contributed by atoms with van der Waals surface area (Å²) in [7, 11) is 0. The van der Waals surface area contributed by atoms with E-state index in [2.05, 4.69) is 34.5 Å². The molecule has 1 aromatic heterocycles. The molecule has 0 spiro atoms. The Morgan fingerprint density at radius 1 is 1.53 bits per heavy atom. The average molecular weight is 269 g/mol. The Bertz CT molecular complexity index is 410. The van der Waals surface area contributed by atoms with Crippen molar-refractivity contribution in [1.29, 1.82) is 0 Å². The molecule has 0 unspecified atom stereocenters. The van der Waals surface area contributed by atoms with Gasteiger partial charge in [-0.25, -0.2) is 4.98 Å². The summed E-state index contributed by atoms with van der Waals surface area (Å²) < 4.78 is 0. The van der Waals surface area contributed by atoms with Gasteiger partial charge in [0.1, 0.15) is 0 Å². The van der Waals surface area contributed by atoms with Crippen molar-refractivity contribution in [3.8, 4) is 0 Å². The van der Waals surface area contributed by atoms with Crippen molar-refractivity contribution in [2.24, 2.45) is 4.99 Å². The van der Waals surface area contributed by atoms with Crippen LogP contribution in [0.2, 0.25) is 0 Å². The highest BCUT2D eigenvalue weighted by Crippen LogP contribution is 2.21. The number of thioether (sulfide) groups is 1. The quantitative estimate of drug-likeness (QED) is 0.917. The van der Waals surface area contributed by atoms with Crippen LogP contribution in [0.5, 0.6) is 0 Å². The fourth-order valence-electron chi connectivity index (χ4n) is 1.65. The zero-order chi connectivity index (χ0) is 12.3. The highest BCUT2D eigenvalue weighted by atomic mass is 32.2. The van der Waals surface area contributed by atoms with E-state index in [4.69, 9.17) is 0 Å². The summed E-state index contributed by atoms with van der Waals surface area (Å²) in [4.78, 5) is 9.06. The zero-order valence-corrected chi connectivity index (χ0v) is 12.2. The van der Waals surface area contributed by atoms with Crippen molar-refractivity contribution in [2.75, 3.05) is 12.3 Å². The van der Waals surface area contributed by atoms with Gasteiger partial charge in [0.25, 0.3) is 0 Å². The van der Waals surface area contributed by atoms with Gasteiger partial charge in [-0.05, 0) is 27.2 Å². The van der Waals surface area contributed by atoms with Crippen LogP contribution >= 0.6 is 23.1 Å². The SMILES string of the molecule is Cc1csc(CCN=C2NC(C)(C)CCS2)n1. The highest BCUT2D eigenvalue weighted by molar-refractivity contribution is 8.13. The van der Waals surface area contributed by atoms with Crippen LogP contribution in [-0.4, -0.2) is 28.0 Å². The van der Waals surface area contributed by atoms with Crippen molar-refractivity contribution < 1.29 is 0 Å². The molecule has 94 valence electrons. The van der Waals surface area contributed by atoms with Gasteiger partial charge in [-0.2, -0.15) is 0 Å². The summed E-state index contributed by atoms with van der Waals surface area (Å²) in [6.07, 6.45) is 2.15. The summed E-state index contributed by atoms with van der Waals surface area (Å²) in [6.45, 7) is 7.32. The van der Waals surface area contributed by atoms with E-state index in [0.29, 0.717) is 0 Å². The zero-order valence-electron chi connectivity index (χ0n) is 10.6. The van der Waals surface area contributed by atoms with E-state index in [0.717, 1.165) is 29.6 Å². The van der Waals surface area contributed by atoms with E-state index in [1.165, 1.54) is 11.4 Å². The monoisotopic (exact) mass is 269 g/mol. The fourth-order valence-corrected chi connectivity index (χ4v) is 3.75. The number of amidine groups is 1. The third kappa shape index (κ3) is 4.00. The number of hydrogen-bond acceptors (Lipinski definition) is 4. The molecule has 2 rings (SSSR count). The number of nitrogens with one attached hydrogen (secondary N) is 1. The second kappa shape index (κ2) is 5.40. The van der Waals surface area contributed by atoms with E-state index in [1.54, 1.807) is 11.3 Å². The first-order valence-corrected chi connectivity index (χ1v) is 7.78. The van der Waals surface area contributed by atoms with Crippen LogP contribution < -0.4 is 5.32 Å². The van der Waals surface area contributed by atoms with Crippen molar-refractivity contribution >= 4 is 28.3 Å². The minimum atomic E-state index is 0.196. The summed E-state index contributed by atoms with van der Waals surface area (Å²) in [5.74, 6) is 1.16. The molecular formula is C12H19N3S2. The molecule has 1 aromatic rings. The van der Waals surface area contributed by atoms with Gasteiger partial charge in [0, 0.05) is 35.3 Å². The van der Waals surface area contributed by atoms with Crippen LogP contribution in [0.25, 0.3) is 0 Å². The van der Waals surface area contributed by atoms with Crippen LogP contribution in [0.15, 0.2) is 10.4 Å². The van der Waals surface area contributed by atoms with Gasteiger partial charge in [-0.3, -0.25) is 4.99 Å². The number of aromatic nitrogens is 1. The highest BCUT2D eigenvalue weighted by Gasteiger charge is 2.23. The molecule has 3 nitrogen and oxygen atoms in total. The molecule has 2 heterocycles. The first-order valence-electron chi connectivity index (χ1n) is 5.92. The van der Waals surface area contributed by atoms with E-state index in [9.17, 15) is 0 Å². The third-order valence-electron chi connectivity index (χ3n) is 2.66. The fraction of sp³-hybridized carbons (Fsp3) is 0.667. The van der Waals surface area contributed by atoms with Gasteiger partial charge in [-0.15, -0.1) is 11.3 Å². The van der Waals surface area contributed by atoms with Crippen LogP contribution in [0.1, 0.15) is 31.0 Å². The Morgan fingerprint density at radius 2 is 2.35 bits per heavy atom. The lowest BCUT2D eigenvalue weighted by Gasteiger charge is -2.32. The van der Waals surface area contributed by atoms with Crippen molar-refractivity contribution in [2.45, 2.75) is 39.2 Å². The average Bonchev–Trinajstić information content (AvgIpc) is 2.63.